The molecular weight excluding hydrogens is 300 g/mol. The van der Waals surface area contributed by atoms with Crippen molar-refractivity contribution in [2.75, 3.05) is 6.61 Å². The molecule has 4 nitrogen and oxygen atoms in total. The number of ether oxygens (including phenoxy) is 2. The largest absolute Gasteiger partial charge is 0.481 e. The van der Waals surface area contributed by atoms with Gasteiger partial charge in [0.2, 0.25) is 0 Å². The standard InChI is InChI=1S/C13H15BrO4/c1-13(10-4-2-3-5-11(10)14)17-8-9(18-13)6-7-12(15)16/h2-5,9H,6-8H2,1H3,(H,15,16). The van der Waals surface area contributed by atoms with Gasteiger partial charge in [-0.3, -0.25) is 4.79 Å². The maximum absolute atomic E-state index is 10.5. The normalized spacial score (nSPS) is 27.3. The first-order valence-corrected chi connectivity index (χ1v) is 6.59. The Labute approximate surface area is 114 Å². The monoisotopic (exact) mass is 314 g/mol. The van der Waals surface area contributed by atoms with Gasteiger partial charge in [0.1, 0.15) is 0 Å². The Kier molecular flexibility index (Phi) is 4.04. The number of halogens is 1. The van der Waals surface area contributed by atoms with Crippen molar-refractivity contribution in [3.8, 4) is 0 Å². The summed E-state index contributed by atoms with van der Waals surface area (Å²) in [6.45, 7) is 2.28. The van der Waals surface area contributed by atoms with Crippen molar-refractivity contribution in [3.05, 3.63) is 34.3 Å². The fourth-order valence-electron chi connectivity index (χ4n) is 2.04. The number of hydrogen-bond acceptors (Lipinski definition) is 3. The van der Waals surface area contributed by atoms with Crippen LogP contribution in [0.3, 0.4) is 0 Å². The molecule has 2 unspecified atom stereocenters. The minimum absolute atomic E-state index is 0.0973. The molecule has 98 valence electrons. The van der Waals surface area contributed by atoms with Gasteiger partial charge in [-0.15, -0.1) is 0 Å². The van der Waals surface area contributed by atoms with Crippen LogP contribution in [0, 0.1) is 0 Å². The van der Waals surface area contributed by atoms with Crippen LogP contribution in [0.5, 0.6) is 0 Å². The predicted molar refractivity (Wildman–Crippen MR) is 69.2 cm³/mol. The second-order valence-corrected chi connectivity index (χ2v) is 5.26. The Bertz CT molecular complexity index is 448. The van der Waals surface area contributed by atoms with Crippen LogP contribution in [0.4, 0.5) is 0 Å². The minimum atomic E-state index is -0.812. The number of carbonyl (C=O) groups is 1. The summed E-state index contributed by atoms with van der Waals surface area (Å²) in [5.74, 6) is -1.61. The van der Waals surface area contributed by atoms with E-state index in [-0.39, 0.29) is 12.5 Å². The number of rotatable bonds is 4. The lowest BCUT2D eigenvalue weighted by atomic mass is 10.1. The number of hydrogen-bond donors (Lipinski definition) is 1. The van der Waals surface area contributed by atoms with Gasteiger partial charge in [0, 0.05) is 16.5 Å². The first kappa shape index (κ1) is 13.5. The Morgan fingerprint density at radius 2 is 2.28 bits per heavy atom. The lowest BCUT2D eigenvalue weighted by Crippen LogP contribution is -2.24. The van der Waals surface area contributed by atoms with Gasteiger partial charge in [-0.1, -0.05) is 34.1 Å². The van der Waals surface area contributed by atoms with E-state index in [1.807, 2.05) is 31.2 Å². The summed E-state index contributed by atoms with van der Waals surface area (Å²) < 4.78 is 12.5. The van der Waals surface area contributed by atoms with Crippen LogP contribution < -0.4 is 0 Å². The van der Waals surface area contributed by atoms with Crippen LogP contribution in [0.25, 0.3) is 0 Å². The highest BCUT2D eigenvalue weighted by molar-refractivity contribution is 9.10. The highest BCUT2D eigenvalue weighted by atomic mass is 79.9. The van der Waals surface area contributed by atoms with Crippen molar-refractivity contribution < 1.29 is 19.4 Å². The third-order valence-corrected chi connectivity index (χ3v) is 3.67. The zero-order chi connectivity index (χ0) is 13.2. The summed E-state index contributed by atoms with van der Waals surface area (Å²) in [5.41, 5.74) is 0.919. The second kappa shape index (κ2) is 5.38. The van der Waals surface area contributed by atoms with Gasteiger partial charge in [-0.2, -0.15) is 0 Å². The van der Waals surface area contributed by atoms with Crippen LogP contribution in [0.1, 0.15) is 25.3 Å². The van der Waals surface area contributed by atoms with Crippen LogP contribution >= 0.6 is 15.9 Å². The smallest absolute Gasteiger partial charge is 0.303 e. The van der Waals surface area contributed by atoms with E-state index in [4.69, 9.17) is 14.6 Å². The lowest BCUT2D eigenvalue weighted by molar-refractivity contribution is -0.164. The van der Waals surface area contributed by atoms with Crippen LogP contribution in [0.15, 0.2) is 28.7 Å². The number of carboxylic acids is 1. The summed E-state index contributed by atoms with van der Waals surface area (Å²) in [7, 11) is 0. The third-order valence-electron chi connectivity index (χ3n) is 2.98. The Morgan fingerprint density at radius 3 is 2.94 bits per heavy atom. The van der Waals surface area contributed by atoms with E-state index in [0.717, 1.165) is 10.0 Å². The van der Waals surface area contributed by atoms with Gasteiger partial charge < -0.3 is 14.6 Å². The number of aliphatic carboxylic acids is 1. The molecule has 5 heteroatoms. The average Bonchev–Trinajstić information content (AvgIpc) is 2.70. The van der Waals surface area contributed by atoms with Crippen molar-refractivity contribution in [1.82, 2.24) is 0 Å². The molecule has 0 bridgehead atoms. The highest BCUT2D eigenvalue weighted by Gasteiger charge is 2.39. The molecule has 0 spiro atoms. The molecule has 1 aromatic rings. The zero-order valence-corrected chi connectivity index (χ0v) is 11.6. The first-order chi connectivity index (χ1) is 8.51. The summed E-state index contributed by atoms with van der Waals surface area (Å²) >= 11 is 3.47. The van der Waals surface area contributed by atoms with Crippen molar-refractivity contribution >= 4 is 21.9 Å². The first-order valence-electron chi connectivity index (χ1n) is 5.80. The maximum atomic E-state index is 10.5. The SMILES string of the molecule is CC1(c2ccccc2Br)OCC(CCC(=O)O)O1. The molecular formula is C13H15BrO4. The van der Waals surface area contributed by atoms with Crippen molar-refractivity contribution in [1.29, 1.82) is 0 Å². The maximum Gasteiger partial charge on any atom is 0.303 e. The minimum Gasteiger partial charge on any atom is -0.481 e. The lowest BCUT2D eigenvalue weighted by Gasteiger charge is -2.24. The molecule has 0 aromatic heterocycles. The second-order valence-electron chi connectivity index (χ2n) is 4.41. The van der Waals surface area contributed by atoms with Crippen LogP contribution in [-0.4, -0.2) is 23.8 Å². The quantitative estimate of drug-likeness (QED) is 0.928. The van der Waals surface area contributed by atoms with Crippen molar-refractivity contribution in [2.24, 2.45) is 0 Å². The molecule has 0 amide bonds. The molecule has 0 saturated carbocycles. The van der Waals surface area contributed by atoms with Gasteiger partial charge >= 0.3 is 5.97 Å². The molecule has 1 N–H and O–H groups in total. The van der Waals surface area contributed by atoms with Gasteiger partial charge in [0.15, 0.2) is 5.79 Å². The average molecular weight is 315 g/mol. The predicted octanol–water partition coefficient (Wildman–Crippen LogP) is 2.90. The summed E-state index contributed by atoms with van der Waals surface area (Å²) in [6, 6.07) is 7.71. The molecule has 18 heavy (non-hydrogen) atoms. The van der Waals surface area contributed by atoms with E-state index in [0.29, 0.717) is 13.0 Å². The fourth-order valence-corrected chi connectivity index (χ4v) is 2.68. The molecule has 2 atom stereocenters. The third kappa shape index (κ3) is 2.91. The summed E-state index contributed by atoms with van der Waals surface area (Å²) in [4.78, 5) is 10.5. The van der Waals surface area contributed by atoms with Crippen molar-refractivity contribution in [2.45, 2.75) is 31.7 Å². The van der Waals surface area contributed by atoms with Gasteiger partial charge in [0.05, 0.1) is 12.7 Å². The van der Waals surface area contributed by atoms with E-state index in [1.54, 1.807) is 0 Å². The highest BCUT2D eigenvalue weighted by Crippen LogP contribution is 2.38. The molecule has 0 radical (unpaired) electrons. The summed E-state index contributed by atoms with van der Waals surface area (Å²) in [5, 5.41) is 8.66. The van der Waals surface area contributed by atoms with E-state index in [1.165, 1.54) is 0 Å². The number of carboxylic acid groups (broad SMARTS) is 1. The van der Waals surface area contributed by atoms with Gasteiger partial charge in [-0.25, -0.2) is 0 Å². The van der Waals surface area contributed by atoms with Gasteiger partial charge in [-0.05, 0) is 19.4 Å². The number of benzene rings is 1. The zero-order valence-electron chi connectivity index (χ0n) is 10.1. The Morgan fingerprint density at radius 1 is 1.56 bits per heavy atom. The Balaban J connectivity index is 2.06. The van der Waals surface area contributed by atoms with Crippen LogP contribution in [-0.2, 0) is 20.1 Å². The molecule has 1 heterocycles. The molecule has 1 aliphatic rings. The molecule has 1 fully saturated rings. The molecule has 1 saturated heterocycles. The fraction of sp³-hybridized carbons (Fsp3) is 0.462. The van der Waals surface area contributed by atoms with E-state index >= 15 is 0 Å². The topological polar surface area (TPSA) is 55.8 Å². The van der Waals surface area contributed by atoms with Gasteiger partial charge in [0.25, 0.3) is 0 Å². The van der Waals surface area contributed by atoms with Crippen molar-refractivity contribution in [3.63, 3.8) is 0 Å². The Hall–Kier alpha value is -0.910. The summed E-state index contributed by atoms with van der Waals surface area (Å²) in [6.07, 6.45) is 0.397. The molecule has 0 aliphatic carbocycles. The molecule has 2 rings (SSSR count). The molecule has 1 aromatic carbocycles. The van der Waals surface area contributed by atoms with Crippen LogP contribution in [0.2, 0.25) is 0 Å². The van der Waals surface area contributed by atoms with E-state index < -0.39 is 11.8 Å². The van der Waals surface area contributed by atoms with E-state index in [9.17, 15) is 4.79 Å². The molecule has 1 aliphatic heterocycles. The van der Waals surface area contributed by atoms with E-state index in [2.05, 4.69) is 15.9 Å².